The first-order valence-electron chi connectivity index (χ1n) is 6.51. The van der Waals surface area contributed by atoms with Gasteiger partial charge in [-0.3, -0.25) is 4.98 Å². The van der Waals surface area contributed by atoms with Crippen molar-refractivity contribution in [3.8, 4) is 5.75 Å². The second-order valence-electron chi connectivity index (χ2n) is 4.51. The number of hydrogen-bond acceptors (Lipinski definition) is 4. The summed E-state index contributed by atoms with van der Waals surface area (Å²) < 4.78 is 5.69. The lowest BCUT2D eigenvalue weighted by molar-refractivity contribution is 0.241. The minimum atomic E-state index is 0.186. The van der Waals surface area contributed by atoms with Crippen molar-refractivity contribution in [2.45, 2.75) is 39.3 Å². The number of thioether (sulfide) groups is 1. The molecule has 1 aromatic rings. The van der Waals surface area contributed by atoms with Crippen LogP contribution in [0.3, 0.4) is 0 Å². The average Bonchev–Trinajstić information content (AvgIpc) is 2.34. The molecule has 1 heterocycles. The molecule has 0 aliphatic carbocycles. The Bertz CT molecular complexity index is 344. The van der Waals surface area contributed by atoms with Crippen LogP contribution in [0.25, 0.3) is 0 Å². The third kappa shape index (κ3) is 5.27. The maximum atomic E-state index is 5.69. The first-order valence-corrected chi connectivity index (χ1v) is 7.90. The molecular weight excluding hydrogens is 244 g/mol. The number of nitrogens with one attached hydrogen (secondary N) is 1. The molecule has 102 valence electrons. The van der Waals surface area contributed by atoms with Crippen molar-refractivity contribution in [2.24, 2.45) is 0 Å². The summed E-state index contributed by atoms with van der Waals surface area (Å²) in [5.74, 6) is 2.00. The molecule has 4 heteroatoms. The van der Waals surface area contributed by atoms with Gasteiger partial charge in [-0.1, -0.05) is 6.92 Å². The van der Waals surface area contributed by atoms with Gasteiger partial charge < -0.3 is 10.1 Å². The van der Waals surface area contributed by atoms with Crippen LogP contribution in [-0.4, -0.2) is 29.6 Å². The fraction of sp³-hybridized carbons (Fsp3) is 0.643. The van der Waals surface area contributed by atoms with Crippen molar-refractivity contribution in [1.82, 2.24) is 10.3 Å². The molecule has 3 nitrogen and oxygen atoms in total. The smallest absolute Gasteiger partial charge is 0.138 e. The topological polar surface area (TPSA) is 34.2 Å². The highest BCUT2D eigenvalue weighted by Gasteiger charge is 2.11. The van der Waals surface area contributed by atoms with Crippen molar-refractivity contribution in [3.05, 3.63) is 24.0 Å². The number of ether oxygens (including phenoxy) is 1. The molecule has 0 aliphatic heterocycles. The van der Waals surface area contributed by atoms with Crippen molar-refractivity contribution >= 4 is 11.8 Å². The van der Waals surface area contributed by atoms with E-state index in [1.807, 2.05) is 31.8 Å². The number of rotatable bonds is 8. The molecule has 0 amide bonds. The van der Waals surface area contributed by atoms with Crippen LogP contribution < -0.4 is 10.1 Å². The first-order chi connectivity index (χ1) is 8.67. The van der Waals surface area contributed by atoms with Gasteiger partial charge in [-0.15, -0.1) is 0 Å². The third-order valence-electron chi connectivity index (χ3n) is 2.57. The maximum Gasteiger partial charge on any atom is 0.138 e. The predicted molar refractivity (Wildman–Crippen MR) is 79.4 cm³/mol. The molecule has 1 rings (SSSR count). The lowest BCUT2D eigenvalue weighted by atomic mass is 10.1. The molecule has 0 radical (unpaired) electrons. The zero-order valence-electron chi connectivity index (χ0n) is 11.8. The van der Waals surface area contributed by atoms with E-state index >= 15 is 0 Å². The molecular formula is C14H24N2OS. The summed E-state index contributed by atoms with van der Waals surface area (Å²) in [6, 6.07) is 2.46. The third-order valence-corrected chi connectivity index (χ3v) is 3.21. The molecule has 0 fully saturated rings. The minimum absolute atomic E-state index is 0.186. The van der Waals surface area contributed by atoms with E-state index in [9.17, 15) is 0 Å². The van der Waals surface area contributed by atoms with Gasteiger partial charge in [0.2, 0.25) is 0 Å². The van der Waals surface area contributed by atoms with E-state index in [-0.39, 0.29) is 6.10 Å². The van der Waals surface area contributed by atoms with Gasteiger partial charge in [0.05, 0.1) is 12.3 Å². The van der Waals surface area contributed by atoms with Crippen LogP contribution >= 0.6 is 11.8 Å². The van der Waals surface area contributed by atoms with Gasteiger partial charge in [0.1, 0.15) is 5.75 Å². The van der Waals surface area contributed by atoms with E-state index in [1.165, 1.54) is 5.56 Å². The van der Waals surface area contributed by atoms with Crippen molar-refractivity contribution in [3.63, 3.8) is 0 Å². The molecule has 0 aliphatic rings. The van der Waals surface area contributed by atoms with Crippen molar-refractivity contribution < 1.29 is 4.74 Å². The summed E-state index contributed by atoms with van der Waals surface area (Å²) in [7, 11) is 0. The van der Waals surface area contributed by atoms with Gasteiger partial charge >= 0.3 is 0 Å². The lowest BCUT2D eigenvalue weighted by Crippen LogP contribution is -2.21. The lowest BCUT2D eigenvalue weighted by Gasteiger charge is -2.18. The summed E-state index contributed by atoms with van der Waals surface area (Å²) >= 11 is 1.87. The van der Waals surface area contributed by atoms with Crippen molar-refractivity contribution in [2.75, 3.05) is 18.6 Å². The van der Waals surface area contributed by atoms with Crippen LogP contribution in [-0.2, 0) is 0 Å². The van der Waals surface area contributed by atoms with Crippen molar-refractivity contribution in [1.29, 1.82) is 0 Å². The SMILES string of the molecule is CCNC(CCSC)c1cncc(OC(C)C)c1. The molecule has 0 bridgehead atoms. The molecule has 0 spiro atoms. The standard InChI is InChI=1S/C14H24N2OS/c1-5-16-14(6-7-18-4)12-8-13(10-15-9-12)17-11(2)3/h8-11,14,16H,5-7H2,1-4H3. The summed E-state index contributed by atoms with van der Waals surface area (Å²) in [4.78, 5) is 4.28. The van der Waals surface area contributed by atoms with E-state index in [0.717, 1.165) is 24.5 Å². The summed E-state index contributed by atoms with van der Waals surface area (Å²) in [6.07, 6.45) is 7.15. The number of pyridine rings is 1. The van der Waals surface area contributed by atoms with Gasteiger partial charge in [0, 0.05) is 12.2 Å². The number of aromatic nitrogens is 1. The monoisotopic (exact) mass is 268 g/mol. The highest BCUT2D eigenvalue weighted by Crippen LogP contribution is 2.22. The van der Waals surface area contributed by atoms with E-state index in [0.29, 0.717) is 6.04 Å². The predicted octanol–water partition coefficient (Wildman–Crippen LogP) is 3.27. The summed E-state index contributed by atoms with van der Waals surface area (Å²) in [6.45, 7) is 7.16. The Morgan fingerprint density at radius 2 is 2.17 bits per heavy atom. The Morgan fingerprint density at radius 3 is 2.78 bits per heavy atom. The van der Waals surface area contributed by atoms with Gasteiger partial charge in [0.15, 0.2) is 0 Å². The number of hydrogen-bond donors (Lipinski definition) is 1. The van der Waals surface area contributed by atoms with Gasteiger partial charge in [-0.05, 0) is 50.5 Å². The highest BCUT2D eigenvalue weighted by atomic mass is 32.2. The first kappa shape index (κ1) is 15.3. The molecule has 1 unspecified atom stereocenters. The Hall–Kier alpha value is -0.740. The normalized spacial score (nSPS) is 12.7. The Balaban J connectivity index is 2.76. The van der Waals surface area contributed by atoms with Crippen LogP contribution in [0, 0.1) is 0 Å². The largest absolute Gasteiger partial charge is 0.489 e. The zero-order valence-corrected chi connectivity index (χ0v) is 12.6. The molecule has 18 heavy (non-hydrogen) atoms. The van der Waals surface area contributed by atoms with Gasteiger partial charge in [-0.25, -0.2) is 0 Å². The highest BCUT2D eigenvalue weighted by molar-refractivity contribution is 7.98. The Morgan fingerprint density at radius 1 is 1.39 bits per heavy atom. The van der Waals surface area contributed by atoms with E-state index in [4.69, 9.17) is 4.74 Å². The quantitative estimate of drug-likeness (QED) is 0.784. The Labute approximate surface area is 115 Å². The minimum Gasteiger partial charge on any atom is -0.489 e. The molecule has 1 atom stereocenters. The van der Waals surface area contributed by atoms with Crippen LogP contribution in [0.5, 0.6) is 5.75 Å². The van der Waals surface area contributed by atoms with E-state index in [1.54, 1.807) is 6.20 Å². The van der Waals surface area contributed by atoms with E-state index in [2.05, 4.69) is 29.5 Å². The molecule has 1 aromatic heterocycles. The maximum absolute atomic E-state index is 5.69. The second kappa shape index (κ2) is 8.38. The summed E-state index contributed by atoms with van der Waals surface area (Å²) in [5.41, 5.74) is 1.21. The molecule has 0 saturated heterocycles. The fourth-order valence-electron chi connectivity index (χ4n) is 1.83. The fourth-order valence-corrected chi connectivity index (χ4v) is 2.30. The second-order valence-corrected chi connectivity index (χ2v) is 5.50. The average molecular weight is 268 g/mol. The Kier molecular flexibility index (Phi) is 7.13. The number of nitrogens with zero attached hydrogens (tertiary/aromatic N) is 1. The van der Waals surface area contributed by atoms with Crippen LogP contribution in [0.2, 0.25) is 0 Å². The van der Waals surface area contributed by atoms with Crippen LogP contribution in [0.4, 0.5) is 0 Å². The molecule has 0 aromatic carbocycles. The zero-order chi connectivity index (χ0) is 13.4. The van der Waals surface area contributed by atoms with Crippen LogP contribution in [0.1, 0.15) is 38.8 Å². The van der Waals surface area contributed by atoms with Crippen LogP contribution in [0.15, 0.2) is 18.5 Å². The molecule has 0 saturated carbocycles. The summed E-state index contributed by atoms with van der Waals surface area (Å²) in [5, 5.41) is 3.51. The van der Waals surface area contributed by atoms with Gasteiger partial charge in [0.25, 0.3) is 0 Å². The van der Waals surface area contributed by atoms with Gasteiger partial charge in [-0.2, -0.15) is 11.8 Å². The van der Waals surface area contributed by atoms with E-state index < -0.39 is 0 Å². The molecule has 1 N–H and O–H groups in total.